The molecule has 0 bridgehead atoms. The Labute approximate surface area is 185 Å². The van der Waals surface area contributed by atoms with Crippen LogP contribution in [0.3, 0.4) is 0 Å². The summed E-state index contributed by atoms with van der Waals surface area (Å²) < 4.78 is 11.6. The molecule has 1 N–H and O–H groups in total. The van der Waals surface area contributed by atoms with E-state index >= 15 is 0 Å². The van der Waals surface area contributed by atoms with Crippen molar-refractivity contribution in [2.45, 2.75) is 19.3 Å². The number of hydrogen-bond donors (Lipinski definition) is 1. The second-order valence-electron chi connectivity index (χ2n) is 7.29. The molecule has 1 saturated heterocycles. The fourth-order valence-corrected chi connectivity index (χ4v) is 3.91. The van der Waals surface area contributed by atoms with E-state index in [9.17, 15) is 9.59 Å². The first-order valence-corrected chi connectivity index (χ1v) is 10.8. The normalized spacial score (nSPS) is 14.3. The van der Waals surface area contributed by atoms with E-state index in [0.717, 1.165) is 21.5 Å². The van der Waals surface area contributed by atoms with Crippen molar-refractivity contribution < 1.29 is 19.1 Å². The Morgan fingerprint density at radius 1 is 1.07 bits per heavy atom. The van der Waals surface area contributed by atoms with Gasteiger partial charge in [-0.1, -0.05) is 22.0 Å². The van der Waals surface area contributed by atoms with Crippen molar-refractivity contribution in [3.05, 3.63) is 58.1 Å². The Kier molecular flexibility index (Phi) is 7.74. The van der Waals surface area contributed by atoms with Crippen molar-refractivity contribution in [1.82, 2.24) is 10.2 Å². The predicted molar refractivity (Wildman–Crippen MR) is 119 cm³/mol. The molecule has 1 aliphatic heterocycles. The number of piperidine rings is 1. The van der Waals surface area contributed by atoms with Crippen LogP contribution in [0.5, 0.6) is 11.5 Å². The molecule has 0 radical (unpaired) electrons. The highest BCUT2D eigenvalue weighted by Gasteiger charge is 2.27. The number of likely N-dealkylation sites (tertiary alicyclic amines) is 1. The average molecular weight is 475 g/mol. The molecule has 7 heteroatoms. The average Bonchev–Trinajstić information content (AvgIpc) is 2.79. The van der Waals surface area contributed by atoms with E-state index in [-0.39, 0.29) is 17.7 Å². The zero-order valence-electron chi connectivity index (χ0n) is 17.3. The third kappa shape index (κ3) is 5.53. The number of amides is 2. The molecule has 160 valence electrons. The lowest BCUT2D eigenvalue weighted by Crippen LogP contribution is -2.43. The molecule has 0 unspecified atom stereocenters. The van der Waals surface area contributed by atoms with Gasteiger partial charge in [0, 0.05) is 41.7 Å². The maximum Gasteiger partial charge on any atom is 0.253 e. The molecule has 1 fully saturated rings. The van der Waals surface area contributed by atoms with E-state index in [2.05, 4.69) is 21.2 Å². The molecule has 0 aromatic heterocycles. The van der Waals surface area contributed by atoms with Crippen molar-refractivity contribution in [2.75, 3.05) is 33.9 Å². The topological polar surface area (TPSA) is 67.9 Å². The molecule has 1 aliphatic rings. The van der Waals surface area contributed by atoms with Gasteiger partial charge in [0.15, 0.2) is 0 Å². The van der Waals surface area contributed by atoms with Crippen molar-refractivity contribution in [3.63, 3.8) is 0 Å². The Hall–Kier alpha value is -2.54. The van der Waals surface area contributed by atoms with Crippen molar-refractivity contribution in [3.8, 4) is 11.5 Å². The summed E-state index contributed by atoms with van der Waals surface area (Å²) in [6.45, 7) is 1.73. The van der Waals surface area contributed by atoms with Gasteiger partial charge in [0.2, 0.25) is 5.91 Å². The third-order valence-electron chi connectivity index (χ3n) is 5.43. The summed E-state index contributed by atoms with van der Waals surface area (Å²) in [5, 5.41) is 3.03. The summed E-state index contributed by atoms with van der Waals surface area (Å²) in [4.78, 5) is 27.0. The second kappa shape index (κ2) is 10.5. The number of carbonyl (C=O) groups excluding carboxylic acids is 2. The molecule has 2 aromatic carbocycles. The van der Waals surface area contributed by atoms with E-state index in [1.165, 1.54) is 0 Å². The Bertz CT molecular complexity index is 877. The fraction of sp³-hybridized carbons (Fsp3) is 0.391. The van der Waals surface area contributed by atoms with Gasteiger partial charge in [-0.15, -0.1) is 0 Å². The highest BCUT2D eigenvalue weighted by Crippen LogP contribution is 2.25. The van der Waals surface area contributed by atoms with Crippen LogP contribution in [0.1, 0.15) is 28.8 Å². The first kappa shape index (κ1) is 22.2. The summed E-state index contributed by atoms with van der Waals surface area (Å²) in [6.07, 6.45) is 2.04. The second-order valence-corrected chi connectivity index (χ2v) is 8.21. The number of halogens is 1. The van der Waals surface area contributed by atoms with Gasteiger partial charge in [0.25, 0.3) is 5.91 Å². The van der Waals surface area contributed by atoms with Gasteiger partial charge in [0.1, 0.15) is 11.5 Å². The molecule has 0 saturated carbocycles. The van der Waals surface area contributed by atoms with Crippen LogP contribution >= 0.6 is 15.9 Å². The van der Waals surface area contributed by atoms with Crippen LogP contribution in [0.15, 0.2) is 46.9 Å². The zero-order valence-corrected chi connectivity index (χ0v) is 18.9. The zero-order chi connectivity index (χ0) is 21.5. The summed E-state index contributed by atoms with van der Waals surface area (Å²) >= 11 is 3.38. The smallest absolute Gasteiger partial charge is 0.253 e. The number of nitrogens with zero attached hydrogens (tertiary/aromatic N) is 1. The van der Waals surface area contributed by atoms with Crippen LogP contribution in [0.4, 0.5) is 0 Å². The minimum atomic E-state index is -0.0586. The first-order valence-electron chi connectivity index (χ1n) is 10.0. The van der Waals surface area contributed by atoms with Gasteiger partial charge >= 0.3 is 0 Å². The molecule has 0 spiro atoms. The SMILES string of the molecule is COc1ccc(CCNC(=O)C2CCN(C(=O)c3ccc(Br)cc3)CC2)c(OC)c1. The number of benzene rings is 2. The summed E-state index contributed by atoms with van der Waals surface area (Å²) in [5.74, 6) is 1.51. The Balaban J connectivity index is 1.45. The van der Waals surface area contributed by atoms with E-state index in [1.807, 2.05) is 47.4 Å². The monoisotopic (exact) mass is 474 g/mol. The van der Waals surface area contributed by atoms with Crippen LogP contribution < -0.4 is 14.8 Å². The molecule has 0 atom stereocenters. The molecular formula is C23H27BrN2O4. The molecule has 2 amide bonds. The van der Waals surface area contributed by atoms with Crippen molar-refractivity contribution in [1.29, 1.82) is 0 Å². The number of carbonyl (C=O) groups is 2. The van der Waals surface area contributed by atoms with Gasteiger partial charge in [-0.25, -0.2) is 0 Å². The van der Waals surface area contributed by atoms with Crippen LogP contribution in [0.2, 0.25) is 0 Å². The predicted octanol–water partition coefficient (Wildman–Crippen LogP) is 3.68. The molecule has 2 aromatic rings. The summed E-state index contributed by atoms with van der Waals surface area (Å²) in [7, 11) is 3.24. The standard InChI is InChI=1S/C23H27BrN2O4/c1-29-20-8-5-16(21(15-20)30-2)9-12-25-22(27)17-10-13-26(14-11-17)23(28)18-3-6-19(24)7-4-18/h3-8,15,17H,9-14H2,1-2H3,(H,25,27). The summed E-state index contributed by atoms with van der Waals surface area (Å²) in [5.41, 5.74) is 1.70. The van der Waals surface area contributed by atoms with Crippen LogP contribution in [-0.2, 0) is 11.2 Å². The lowest BCUT2D eigenvalue weighted by molar-refractivity contribution is -0.126. The number of nitrogens with one attached hydrogen (secondary N) is 1. The van der Waals surface area contributed by atoms with Gasteiger partial charge in [0.05, 0.1) is 14.2 Å². The number of methoxy groups -OCH3 is 2. The van der Waals surface area contributed by atoms with Crippen molar-refractivity contribution in [2.24, 2.45) is 5.92 Å². The van der Waals surface area contributed by atoms with Crippen LogP contribution in [-0.4, -0.2) is 50.6 Å². The van der Waals surface area contributed by atoms with E-state index in [4.69, 9.17) is 9.47 Å². The van der Waals surface area contributed by atoms with E-state index in [1.54, 1.807) is 14.2 Å². The number of rotatable bonds is 7. The lowest BCUT2D eigenvalue weighted by Gasteiger charge is -2.31. The lowest BCUT2D eigenvalue weighted by atomic mass is 9.95. The number of ether oxygens (including phenoxy) is 2. The van der Waals surface area contributed by atoms with Gasteiger partial charge < -0.3 is 19.7 Å². The minimum Gasteiger partial charge on any atom is -0.497 e. The number of hydrogen-bond acceptors (Lipinski definition) is 4. The van der Waals surface area contributed by atoms with Crippen LogP contribution in [0.25, 0.3) is 0 Å². The summed E-state index contributed by atoms with van der Waals surface area (Å²) in [6, 6.07) is 13.1. The molecule has 1 heterocycles. The van der Waals surface area contributed by atoms with Crippen molar-refractivity contribution >= 4 is 27.7 Å². The largest absolute Gasteiger partial charge is 0.497 e. The highest BCUT2D eigenvalue weighted by molar-refractivity contribution is 9.10. The molecule has 0 aliphatic carbocycles. The highest BCUT2D eigenvalue weighted by atomic mass is 79.9. The quantitative estimate of drug-likeness (QED) is 0.664. The minimum absolute atomic E-state index is 0.0213. The van der Waals surface area contributed by atoms with Crippen LogP contribution in [0, 0.1) is 5.92 Å². The Morgan fingerprint density at radius 3 is 2.40 bits per heavy atom. The molecule has 6 nitrogen and oxygen atoms in total. The molecule has 3 rings (SSSR count). The van der Waals surface area contributed by atoms with Gasteiger partial charge in [-0.2, -0.15) is 0 Å². The fourth-order valence-electron chi connectivity index (χ4n) is 3.64. The molecular weight excluding hydrogens is 448 g/mol. The maximum absolute atomic E-state index is 12.6. The third-order valence-corrected chi connectivity index (χ3v) is 5.96. The Morgan fingerprint density at radius 2 is 1.77 bits per heavy atom. The maximum atomic E-state index is 12.6. The van der Waals surface area contributed by atoms with E-state index in [0.29, 0.717) is 44.5 Å². The van der Waals surface area contributed by atoms with Gasteiger partial charge in [-0.05, 0) is 55.2 Å². The first-order chi connectivity index (χ1) is 14.5. The van der Waals surface area contributed by atoms with Gasteiger partial charge in [-0.3, -0.25) is 9.59 Å². The van der Waals surface area contributed by atoms with E-state index < -0.39 is 0 Å². The molecule has 30 heavy (non-hydrogen) atoms.